The molecule has 0 aromatic rings. The second-order valence-corrected chi connectivity index (χ2v) is 3.44. The van der Waals surface area contributed by atoms with Crippen LogP contribution in [-0.4, -0.2) is 56.4 Å². The van der Waals surface area contributed by atoms with Gasteiger partial charge in [0, 0.05) is 26.2 Å². The summed E-state index contributed by atoms with van der Waals surface area (Å²) in [5, 5.41) is 0. The van der Waals surface area contributed by atoms with E-state index in [1.807, 2.05) is 0 Å². The topological polar surface area (TPSA) is 77.8 Å². The van der Waals surface area contributed by atoms with E-state index in [1.54, 1.807) is 0 Å². The van der Waals surface area contributed by atoms with Crippen molar-refractivity contribution in [1.29, 1.82) is 0 Å². The molecule has 0 aromatic heterocycles. The summed E-state index contributed by atoms with van der Waals surface area (Å²) in [4.78, 5) is 0. The van der Waals surface area contributed by atoms with Gasteiger partial charge >= 0.3 is 33.2 Å². The second-order valence-electron chi connectivity index (χ2n) is 0.513. The van der Waals surface area contributed by atoms with Gasteiger partial charge in [0.25, 0.3) is 0 Å². The Hall–Kier alpha value is 1.38. The van der Waals surface area contributed by atoms with Gasteiger partial charge in [0.15, 0.2) is 0 Å². The SMILES string of the molecule is [Bi].[O]=[Sb]([OH])([OH])[OH]. The fourth-order valence-electron chi connectivity index (χ4n) is 0. The first kappa shape index (κ1) is 10.4. The van der Waals surface area contributed by atoms with Crippen LogP contribution in [0.4, 0.5) is 0 Å². The fraction of sp³-hybridized carbons (Fsp3) is 0. The molecule has 0 atom stereocenters. The maximum absolute atomic E-state index is 8.97. The van der Waals surface area contributed by atoms with Crippen molar-refractivity contribution in [3.05, 3.63) is 0 Å². The minimum absolute atomic E-state index is 0. The van der Waals surface area contributed by atoms with E-state index in [0.29, 0.717) is 0 Å². The molecular formula is H3BiO4Sb. The van der Waals surface area contributed by atoms with Crippen molar-refractivity contribution in [2.24, 2.45) is 0 Å². The van der Waals surface area contributed by atoms with Crippen molar-refractivity contribution in [2.45, 2.75) is 0 Å². The van der Waals surface area contributed by atoms with Crippen molar-refractivity contribution in [1.82, 2.24) is 0 Å². The molecule has 4 nitrogen and oxygen atoms in total. The standard InChI is InChI=1S/Bi.3H2O.O.Sb/h;3*1H2;;/q;;;;;+3/p-3. The molecule has 6 heavy (non-hydrogen) atoms. The van der Waals surface area contributed by atoms with Gasteiger partial charge in [-0.25, -0.2) is 0 Å². The molecule has 0 rings (SSSR count). The van der Waals surface area contributed by atoms with Gasteiger partial charge in [-0.05, 0) is 0 Å². The van der Waals surface area contributed by atoms with E-state index in [1.165, 1.54) is 0 Å². The van der Waals surface area contributed by atoms with Crippen molar-refractivity contribution >= 4 is 46.3 Å². The summed E-state index contributed by atoms with van der Waals surface area (Å²) in [7, 11) is 0. The van der Waals surface area contributed by atoms with Gasteiger partial charge in [-0.3, -0.25) is 0 Å². The van der Waals surface area contributed by atoms with Crippen LogP contribution in [0.2, 0.25) is 0 Å². The van der Waals surface area contributed by atoms with Crippen LogP contribution in [-0.2, 0) is 3.02 Å². The van der Waals surface area contributed by atoms with Crippen molar-refractivity contribution in [2.75, 3.05) is 0 Å². The van der Waals surface area contributed by atoms with E-state index in [-0.39, 0.29) is 26.2 Å². The fourth-order valence-corrected chi connectivity index (χ4v) is 0. The first-order valence-electron chi connectivity index (χ1n) is 0.783. The van der Waals surface area contributed by atoms with E-state index in [4.69, 9.17) is 13.2 Å². The summed E-state index contributed by atoms with van der Waals surface area (Å²) in [6, 6.07) is 0. The molecule has 0 fully saturated rings. The summed E-state index contributed by atoms with van der Waals surface area (Å²) >= 11 is -5.35. The molecule has 6 heteroatoms. The van der Waals surface area contributed by atoms with E-state index in [9.17, 15) is 0 Å². The Balaban J connectivity index is 0. The summed E-state index contributed by atoms with van der Waals surface area (Å²) in [5.41, 5.74) is 0. The molecular weight excluding hydrogens is 395 g/mol. The summed E-state index contributed by atoms with van der Waals surface area (Å²) < 4.78 is 30.8. The third-order valence-electron chi connectivity index (χ3n) is 0. The molecule has 3 N–H and O–H groups in total. The van der Waals surface area contributed by atoms with Crippen molar-refractivity contribution in [3.8, 4) is 0 Å². The number of hydrogen-bond acceptors (Lipinski definition) is 1. The Morgan fingerprint density at radius 3 is 1.17 bits per heavy atom. The van der Waals surface area contributed by atoms with Crippen LogP contribution in [0, 0.1) is 0 Å². The number of rotatable bonds is 0. The zero-order valence-corrected chi connectivity index (χ0v) is 8.67. The normalized spacial score (nSPS) is 9.83. The predicted molar refractivity (Wildman–Crippen MR) is 18.9 cm³/mol. The summed E-state index contributed by atoms with van der Waals surface area (Å²) in [5.74, 6) is 0. The third-order valence-corrected chi connectivity index (χ3v) is 0. The zero-order chi connectivity index (χ0) is 4.50. The Morgan fingerprint density at radius 1 is 1.17 bits per heavy atom. The van der Waals surface area contributed by atoms with Crippen LogP contribution in [0.15, 0.2) is 0 Å². The van der Waals surface area contributed by atoms with Gasteiger partial charge in [0.1, 0.15) is 0 Å². The maximum atomic E-state index is 8.97. The molecule has 0 unspecified atom stereocenters. The van der Waals surface area contributed by atoms with Crippen LogP contribution in [0.1, 0.15) is 0 Å². The molecule has 0 aliphatic carbocycles. The molecule has 0 saturated heterocycles. The van der Waals surface area contributed by atoms with Crippen LogP contribution in [0.25, 0.3) is 0 Å². The molecule has 0 aliphatic rings. The second kappa shape index (κ2) is 3.39. The Labute approximate surface area is 59.0 Å². The van der Waals surface area contributed by atoms with Gasteiger partial charge in [-0.2, -0.15) is 0 Å². The average Bonchev–Trinajstić information content (AvgIpc) is 0.722. The van der Waals surface area contributed by atoms with Gasteiger partial charge in [0.05, 0.1) is 0 Å². The molecule has 0 aromatic carbocycles. The van der Waals surface area contributed by atoms with Crippen molar-refractivity contribution < 1.29 is 13.2 Å². The first-order chi connectivity index (χ1) is 2.00. The van der Waals surface area contributed by atoms with Gasteiger partial charge in [-0.1, -0.05) is 0 Å². The van der Waals surface area contributed by atoms with E-state index in [0.717, 1.165) is 0 Å². The molecule has 0 bridgehead atoms. The van der Waals surface area contributed by atoms with Gasteiger partial charge in [-0.15, -0.1) is 0 Å². The van der Waals surface area contributed by atoms with Crippen LogP contribution >= 0.6 is 0 Å². The molecule has 0 saturated carbocycles. The van der Waals surface area contributed by atoms with Crippen LogP contribution < -0.4 is 0 Å². The van der Waals surface area contributed by atoms with Gasteiger partial charge in [0.2, 0.25) is 0 Å². The minimum atomic E-state index is -5.35. The van der Waals surface area contributed by atoms with E-state index >= 15 is 0 Å². The Bertz CT molecular complexity index is 53.7. The Morgan fingerprint density at radius 2 is 1.17 bits per heavy atom. The molecule has 0 aliphatic heterocycles. The first-order valence-corrected chi connectivity index (χ1v) is 5.25. The van der Waals surface area contributed by atoms with Gasteiger partial charge < -0.3 is 0 Å². The molecule has 0 heterocycles. The monoisotopic (exact) mass is 397 g/mol. The summed E-state index contributed by atoms with van der Waals surface area (Å²) in [6.45, 7) is 0. The van der Waals surface area contributed by atoms with Crippen LogP contribution in [0.3, 0.4) is 0 Å². The Kier molecular flexibility index (Phi) is 5.87. The molecule has 0 spiro atoms. The van der Waals surface area contributed by atoms with E-state index in [2.05, 4.69) is 0 Å². The molecule has 3 radical (unpaired) electrons. The molecule has 37 valence electrons. The third kappa shape index (κ3) is 54.1. The predicted octanol–water partition coefficient (Wildman–Crippen LogP) is -2.55. The van der Waals surface area contributed by atoms with E-state index < -0.39 is 20.1 Å². The zero-order valence-electron chi connectivity index (χ0n) is 2.64. The quantitative estimate of drug-likeness (QED) is 0.393. The average molecular weight is 398 g/mol. The van der Waals surface area contributed by atoms with Crippen LogP contribution in [0.5, 0.6) is 0 Å². The number of hydrogen-bond donors (Lipinski definition) is 3. The molecule has 0 amide bonds. The summed E-state index contributed by atoms with van der Waals surface area (Å²) in [6.07, 6.45) is 0. The van der Waals surface area contributed by atoms with Crippen molar-refractivity contribution in [3.63, 3.8) is 0 Å².